The highest BCUT2D eigenvalue weighted by atomic mass is 32.2. The molecule has 33 heavy (non-hydrogen) atoms. The lowest BCUT2D eigenvalue weighted by Gasteiger charge is -2.21. The summed E-state index contributed by atoms with van der Waals surface area (Å²) in [6.45, 7) is 7.80. The minimum atomic E-state index is -3.52. The molecule has 0 spiro atoms. The number of aryl methyl sites for hydroxylation is 1. The summed E-state index contributed by atoms with van der Waals surface area (Å²) in [5.74, 6) is -1.30. The van der Waals surface area contributed by atoms with Crippen LogP contribution >= 0.6 is 0 Å². The molecule has 0 bridgehead atoms. The molecule has 1 aliphatic heterocycles. The Morgan fingerprint density at radius 3 is 2.15 bits per heavy atom. The van der Waals surface area contributed by atoms with Crippen LogP contribution in [0.2, 0.25) is 0 Å². The van der Waals surface area contributed by atoms with Gasteiger partial charge < -0.3 is 10.1 Å². The minimum absolute atomic E-state index is 0.0179. The van der Waals surface area contributed by atoms with Crippen LogP contribution in [0.15, 0.2) is 29.2 Å². The second kappa shape index (κ2) is 11.6. The lowest BCUT2D eigenvalue weighted by molar-refractivity contribution is -0.154. The summed E-state index contributed by atoms with van der Waals surface area (Å²) in [7, 11) is -3.52. The van der Waals surface area contributed by atoms with Crippen molar-refractivity contribution in [2.45, 2.75) is 82.8 Å². The summed E-state index contributed by atoms with van der Waals surface area (Å²) in [6.07, 6.45) is 3.07. The fourth-order valence-corrected chi connectivity index (χ4v) is 4.92. The highest BCUT2D eigenvalue weighted by Crippen LogP contribution is 2.21. The maximum atomic E-state index is 12.8. The number of hydrogen-bond acceptors (Lipinski definition) is 6. The highest BCUT2D eigenvalue weighted by Gasteiger charge is 2.25. The van der Waals surface area contributed by atoms with Gasteiger partial charge in [-0.15, -0.1) is 0 Å². The minimum Gasteiger partial charge on any atom is -0.453 e. The van der Waals surface area contributed by atoms with E-state index < -0.39 is 39.6 Å². The maximum Gasteiger partial charge on any atom is 0.321 e. The van der Waals surface area contributed by atoms with E-state index in [2.05, 4.69) is 10.6 Å². The zero-order chi connectivity index (χ0) is 24.6. The smallest absolute Gasteiger partial charge is 0.321 e. The molecule has 1 fully saturated rings. The number of amides is 3. The van der Waals surface area contributed by atoms with Crippen LogP contribution in [0.4, 0.5) is 4.79 Å². The lowest BCUT2D eigenvalue weighted by Crippen LogP contribution is -2.50. The molecule has 1 aliphatic rings. The van der Waals surface area contributed by atoms with Crippen LogP contribution in [0.3, 0.4) is 0 Å². The van der Waals surface area contributed by atoms with E-state index in [1.54, 1.807) is 49.3 Å². The van der Waals surface area contributed by atoms with Crippen molar-refractivity contribution in [3.8, 4) is 0 Å². The average molecular weight is 482 g/mol. The Morgan fingerprint density at radius 2 is 1.61 bits per heavy atom. The topological polar surface area (TPSA) is 122 Å². The summed E-state index contributed by atoms with van der Waals surface area (Å²) in [5.41, 5.74) is 0.273. The van der Waals surface area contributed by atoms with Crippen molar-refractivity contribution in [3.05, 3.63) is 29.8 Å². The van der Waals surface area contributed by atoms with Crippen molar-refractivity contribution in [1.82, 2.24) is 14.9 Å². The van der Waals surface area contributed by atoms with Gasteiger partial charge in [0.15, 0.2) is 6.10 Å². The van der Waals surface area contributed by atoms with E-state index in [0.717, 1.165) is 31.2 Å². The first-order chi connectivity index (χ1) is 15.4. The first-order valence-corrected chi connectivity index (χ1v) is 12.7. The van der Waals surface area contributed by atoms with E-state index in [4.69, 9.17) is 4.74 Å². The van der Waals surface area contributed by atoms with Crippen LogP contribution in [0.25, 0.3) is 0 Å². The Kier molecular flexibility index (Phi) is 9.42. The van der Waals surface area contributed by atoms with Crippen molar-refractivity contribution < 1.29 is 27.5 Å². The first-order valence-electron chi connectivity index (χ1n) is 11.3. The van der Waals surface area contributed by atoms with Crippen molar-refractivity contribution >= 4 is 27.9 Å². The molecule has 1 atom stereocenters. The second-order valence-corrected chi connectivity index (χ2v) is 11.2. The Morgan fingerprint density at radius 1 is 1.03 bits per heavy atom. The van der Waals surface area contributed by atoms with Crippen molar-refractivity contribution in [3.63, 3.8) is 0 Å². The standard InChI is InChI=1S/C23H35N3O6S/c1-17(21(28)24-22(29)25-23(2,3)4)32-20(27)14-11-18-9-12-19(13-10-18)33(30,31)26-15-7-5-6-8-16-26/h9-10,12-13,17H,5-8,11,14-16H2,1-4H3,(H2,24,25,28,29). The molecular formula is C23H35N3O6S. The van der Waals surface area contributed by atoms with E-state index in [9.17, 15) is 22.8 Å². The third-order valence-corrected chi connectivity index (χ3v) is 7.06. The molecule has 2 N–H and O–H groups in total. The van der Waals surface area contributed by atoms with Gasteiger partial charge in [-0.25, -0.2) is 13.2 Å². The average Bonchev–Trinajstić information content (AvgIpc) is 3.01. The van der Waals surface area contributed by atoms with Crippen LogP contribution in [0.5, 0.6) is 0 Å². The summed E-state index contributed by atoms with van der Waals surface area (Å²) in [6, 6.07) is 5.83. The molecule has 1 heterocycles. The first kappa shape index (κ1) is 26.8. The quantitative estimate of drug-likeness (QED) is 0.578. The van der Waals surface area contributed by atoms with Gasteiger partial charge in [0.05, 0.1) is 4.90 Å². The van der Waals surface area contributed by atoms with Gasteiger partial charge in [-0.1, -0.05) is 25.0 Å². The zero-order valence-corrected chi connectivity index (χ0v) is 20.7. The molecule has 0 radical (unpaired) electrons. The van der Waals surface area contributed by atoms with Crippen molar-refractivity contribution in [2.75, 3.05) is 13.1 Å². The van der Waals surface area contributed by atoms with E-state index in [1.165, 1.54) is 6.92 Å². The molecule has 0 aromatic heterocycles. The van der Waals surface area contributed by atoms with Gasteiger partial charge in [-0.3, -0.25) is 14.9 Å². The van der Waals surface area contributed by atoms with E-state index in [1.807, 2.05) is 0 Å². The molecule has 1 aromatic carbocycles. The number of ether oxygens (including phenoxy) is 1. The Balaban J connectivity index is 1.84. The summed E-state index contributed by atoms with van der Waals surface area (Å²) in [4.78, 5) is 36.1. The number of esters is 1. The number of nitrogens with zero attached hydrogens (tertiary/aromatic N) is 1. The van der Waals surface area contributed by atoms with Crippen LogP contribution in [-0.2, 0) is 30.8 Å². The van der Waals surface area contributed by atoms with Gasteiger partial charge >= 0.3 is 12.0 Å². The largest absolute Gasteiger partial charge is 0.453 e. The third-order valence-electron chi connectivity index (χ3n) is 5.15. The van der Waals surface area contributed by atoms with Gasteiger partial charge in [0, 0.05) is 25.0 Å². The number of urea groups is 1. The molecule has 0 saturated carbocycles. The van der Waals surface area contributed by atoms with Gasteiger partial charge in [0.1, 0.15) is 0 Å². The Hall–Kier alpha value is -2.46. The number of rotatable bonds is 7. The lowest BCUT2D eigenvalue weighted by atomic mass is 10.1. The number of nitrogens with one attached hydrogen (secondary N) is 2. The number of hydrogen-bond donors (Lipinski definition) is 2. The molecular weight excluding hydrogens is 446 g/mol. The molecule has 1 saturated heterocycles. The highest BCUT2D eigenvalue weighted by molar-refractivity contribution is 7.89. The molecule has 10 heteroatoms. The number of carbonyl (C=O) groups is 3. The molecule has 1 aromatic rings. The third kappa shape index (κ3) is 8.77. The van der Waals surface area contributed by atoms with Crippen LogP contribution in [0.1, 0.15) is 65.4 Å². The van der Waals surface area contributed by atoms with Crippen molar-refractivity contribution in [2.24, 2.45) is 0 Å². The Bertz CT molecular complexity index is 930. The maximum absolute atomic E-state index is 12.8. The van der Waals surface area contributed by atoms with Crippen LogP contribution in [-0.4, -0.2) is 55.4 Å². The van der Waals surface area contributed by atoms with Crippen LogP contribution in [0, 0.1) is 0 Å². The summed E-state index contributed by atoms with van der Waals surface area (Å²) >= 11 is 0. The molecule has 3 amide bonds. The number of benzene rings is 1. The Labute approximate surface area is 196 Å². The monoisotopic (exact) mass is 481 g/mol. The van der Waals surface area contributed by atoms with E-state index >= 15 is 0 Å². The normalized spacial score (nSPS) is 16.4. The fourth-order valence-electron chi connectivity index (χ4n) is 3.40. The van der Waals surface area contributed by atoms with Crippen molar-refractivity contribution in [1.29, 1.82) is 0 Å². The second-order valence-electron chi connectivity index (χ2n) is 9.29. The van der Waals surface area contributed by atoms with E-state index in [0.29, 0.717) is 19.5 Å². The molecule has 184 valence electrons. The van der Waals surface area contributed by atoms with Gasteiger partial charge in [0.25, 0.3) is 5.91 Å². The van der Waals surface area contributed by atoms with Gasteiger partial charge in [-0.05, 0) is 64.7 Å². The number of sulfonamides is 1. The predicted molar refractivity (Wildman–Crippen MR) is 124 cm³/mol. The molecule has 2 rings (SSSR count). The van der Waals surface area contributed by atoms with Gasteiger partial charge in [-0.2, -0.15) is 4.31 Å². The molecule has 9 nitrogen and oxygen atoms in total. The van der Waals surface area contributed by atoms with E-state index in [-0.39, 0.29) is 11.3 Å². The molecule has 1 unspecified atom stereocenters. The van der Waals surface area contributed by atoms with Gasteiger partial charge in [0.2, 0.25) is 10.0 Å². The molecule has 0 aliphatic carbocycles. The summed E-state index contributed by atoms with van der Waals surface area (Å²) < 4.78 is 32.3. The SMILES string of the molecule is CC(OC(=O)CCc1ccc(S(=O)(=O)N2CCCCCC2)cc1)C(=O)NC(=O)NC(C)(C)C. The van der Waals surface area contributed by atoms with Crippen LogP contribution < -0.4 is 10.6 Å². The predicted octanol–water partition coefficient (Wildman–Crippen LogP) is 2.74. The zero-order valence-electron chi connectivity index (χ0n) is 19.8. The number of carbonyl (C=O) groups excluding carboxylic acids is 3. The number of imide groups is 1. The fraction of sp³-hybridized carbons (Fsp3) is 0.609. The summed E-state index contributed by atoms with van der Waals surface area (Å²) in [5, 5.41) is 4.73.